The Labute approximate surface area is 280 Å². The first-order chi connectivity index (χ1) is 23.3. The second-order valence-corrected chi connectivity index (χ2v) is 9.43. The van der Waals surface area contributed by atoms with Gasteiger partial charge in [0.2, 0.25) is 11.5 Å². The zero-order valence-electron chi connectivity index (χ0n) is 27.6. The van der Waals surface area contributed by atoms with E-state index in [1.165, 1.54) is 0 Å². The van der Waals surface area contributed by atoms with Gasteiger partial charge in [-0.05, 0) is 60.0 Å². The Kier molecular flexibility index (Phi) is 15.3. The van der Waals surface area contributed by atoms with Crippen LogP contribution in [0.4, 0.5) is 13.2 Å². The minimum atomic E-state index is -5.08. The Bertz CT molecular complexity index is 1490. The number of halogens is 3. The number of aromatic nitrogens is 2. The fourth-order valence-corrected chi connectivity index (χ4v) is 3.91. The maximum absolute atomic E-state index is 10.6. The van der Waals surface area contributed by atoms with Crippen LogP contribution in [0.1, 0.15) is 28.9 Å². The minimum Gasteiger partial charge on any atom is -0.493 e. The van der Waals surface area contributed by atoms with Crippen molar-refractivity contribution in [3.63, 3.8) is 0 Å². The molecule has 0 aliphatic heterocycles. The molecule has 0 amide bonds. The lowest BCUT2D eigenvalue weighted by Gasteiger charge is -2.13. The van der Waals surface area contributed by atoms with Gasteiger partial charge >= 0.3 is 18.2 Å². The van der Waals surface area contributed by atoms with E-state index in [-0.39, 0.29) is 12.0 Å². The third-order valence-corrected chi connectivity index (χ3v) is 6.12. The summed E-state index contributed by atoms with van der Waals surface area (Å²) in [6.45, 7) is 0.820. The van der Waals surface area contributed by atoms with Gasteiger partial charge in [-0.2, -0.15) is 23.1 Å². The van der Waals surface area contributed by atoms with E-state index >= 15 is 0 Å². The molecule has 0 aliphatic rings. The molecule has 0 unspecified atom stereocenters. The summed E-state index contributed by atoms with van der Waals surface area (Å²) in [5.74, 6) is 0.319. The Morgan fingerprint density at radius 2 is 1.16 bits per heavy atom. The van der Waals surface area contributed by atoms with Crippen molar-refractivity contribution < 1.29 is 56.2 Å². The van der Waals surface area contributed by atoms with Gasteiger partial charge in [-0.3, -0.25) is 5.41 Å². The van der Waals surface area contributed by atoms with E-state index in [9.17, 15) is 13.2 Å². The fourth-order valence-electron chi connectivity index (χ4n) is 3.91. The van der Waals surface area contributed by atoms with Gasteiger partial charge < -0.3 is 49.3 Å². The monoisotopic (exact) mass is 693 g/mol. The number of rotatable bonds is 15. The Morgan fingerprint density at radius 3 is 1.47 bits per heavy atom. The topological polar surface area (TPSA) is 190 Å². The number of ether oxygens (including phenoxy) is 7. The van der Waals surface area contributed by atoms with E-state index < -0.39 is 12.1 Å². The predicted molar refractivity (Wildman–Crippen MR) is 176 cm³/mol. The summed E-state index contributed by atoms with van der Waals surface area (Å²) < 4.78 is 70.3. The fraction of sp³-hybridized carbons (Fsp3) is 0.312. The summed E-state index contributed by atoms with van der Waals surface area (Å²) in [5.41, 5.74) is 8.19. The van der Waals surface area contributed by atoms with Crippen LogP contribution >= 0.6 is 0 Å². The van der Waals surface area contributed by atoms with Crippen molar-refractivity contribution in [3.8, 4) is 40.5 Å². The summed E-state index contributed by atoms with van der Waals surface area (Å²) in [6.07, 6.45) is 2.94. The molecule has 0 saturated carbocycles. The van der Waals surface area contributed by atoms with Gasteiger partial charge in [0.1, 0.15) is 0 Å². The number of nitrogens with two attached hydrogens (primary N) is 1. The highest BCUT2D eigenvalue weighted by molar-refractivity contribution is 5.75. The Balaban J connectivity index is 0.00000107. The second kappa shape index (κ2) is 19.1. The number of nitrogens with one attached hydrogen (secondary N) is 2. The van der Waals surface area contributed by atoms with Crippen molar-refractivity contribution in [1.82, 2.24) is 15.3 Å². The standard InChI is InChI=1S/C30H37N5O7.C2HF3O2/c1-36-23-14-19(15-24(37-2)27(23)40-5)8-10-21-18-22(35-30(34-21)42-13-7-12-33-29(31)32)11-9-20-16-25(38-3)28(41-6)26(17-20)39-4;3-2(4,5)1(6)7/h8-11,14-18H,7,12-13H2,1-6H3,(H4,31,32,33);(H,6,7). The van der Waals surface area contributed by atoms with Crippen molar-refractivity contribution in [2.75, 3.05) is 55.8 Å². The van der Waals surface area contributed by atoms with Crippen LogP contribution < -0.4 is 44.2 Å². The molecule has 0 fully saturated rings. The second-order valence-electron chi connectivity index (χ2n) is 9.43. The highest BCUT2D eigenvalue weighted by atomic mass is 19.4. The van der Waals surface area contributed by atoms with Crippen molar-refractivity contribution in [2.24, 2.45) is 5.73 Å². The van der Waals surface area contributed by atoms with Crippen molar-refractivity contribution in [3.05, 3.63) is 52.8 Å². The van der Waals surface area contributed by atoms with E-state index in [0.717, 1.165) is 11.1 Å². The molecule has 0 bridgehead atoms. The highest BCUT2D eigenvalue weighted by Crippen LogP contribution is 2.39. The molecule has 3 aromatic rings. The van der Waals surface area contributed by atoms with Crippen LogP contribution in [-0.2, 0) is 4.79 Å². The third-order valence-electron chi connectivity index (χ3n) is 6.12. The number of carboxylic acids is 1. The number of alkyl halides is 3. The van der Waals surface area contributed by atoms with Crippen molar-refractivity contribution in [2.45, 2.75) is 12.6 Å². The van der Waals surface area contributed by atoms with Crippen LogP contribution in [0.5, 0.6) is 40.5 Å². The smallest absolute Gasteiger partial charge is 0.490 e. The van der Waals surface area contributed by atoms with E-state index in [1.54, 1.807) is 42.7 Å². The molecule has 17 heteroatoms. The first kappa shape index (κ1) is 39.3. The van der Waals surface area contributed by atoms with E-state index in [4.69, 9.17) is 54.2 Å². The molecule has 0 radical (unpaired) electrons. The summed E-state index contributed by atoms with van der Waals surface area (Å²) in [7, 11) is 9.38. The molecule has 1 heterocycles. The zero-order valence-corrected chi connectivity index (χ0v) is 27.6. The number of hydrogen-bond donors (Lipinski definition) is 4. The zero-order chi connectivity index (χ0) is 36.6. The number of guanidine groups is 1. The number of carboxylic acid groups (broad SMARTS) is 1. The normalized spacial score (nSPS) is 11.0. The average Bonchev–Trinajstić information content (AvgIpc) is 3.08. The number of methoxy groups -OCH3 is 6. The minimum absolute atomic E-state index is 0.0932. The number of nitrogens with zero attached hydrogens (tertiary/aromatic N) is 2. The number of carbonyl (C=O) groups is 1. The van der Waals surface area contributed by atoms with Gasteiger partial charge in [0, 0.05) is 6.54 Å². The molecule has 49 heavy (non-hydrogen) atoms. The van der Waals surface area contributed by atoms with Crippen molar-refractivity contribution in [1.29, 1.82) is 5.41 Å². The number of hydrogen-bond acceptors (Lipinski definition) is 11. The molecule has 3 rings (SSSR count). The van der Waals surface area contributed by atoms with Gasteiger partial charge in [0.15, 0.2) is 29.0 Å². The summed E-state index contributed by atoms with van der Waals surface area (Å²) in [6, 6.07) is 9.38. The molecule has 0 spiro atoms. The van der Waals surface area contributed by atoms with E-state index in [1.807, 2.05) is 54.6 Å². The lowest BCUT2D eigenvalue weighted by molar-refractivity contribution is -0.192. The SMILES string of the molecule is COc1cc(C=Cc2cc(C=Cc3cc(OC)c(OC)c(OC)c3)nc(OCCCNC(=N)N)n2)cc(OC)c1OC.O=C(O)C(F)(F)F. The van der Waals surface area contributed by atoms with Gasteiger partial charge in [-0.15, -0.1) is 0 Å². The van der Waals surface area contributed by atoms with Gasteiger partial charge in [0.05, 0.1) is 60.7 Å². The van der Waals surface area contributed by atoms with E-state index in [0.29, 0.717) is 65.5 Å². The van der Waals surface area contributed by atoms with Crippen LogP contribution in [0.3, 0.4) is 0 Å². The maximum atomic E-state index is 10.6. The molecule has 14 nitrogen and oxygen atoms in total. The average molecular weight is 694 g/mol. The molecule has 266 valence electrons. The maximum Gasteiger partial charge on any atom is 0.490 e. The molecule has 0 saturated heterocycles. The Hall–Kier alpha value is -5.87. The molecule has 1 aromatic heterocycles. The molecule has 2 aromatic carbocycles. The van der Waals surface area contributed by atoms with Crippen LogP contribution in [0.15, 0.2) is 30.3 Å². The molecule has 5 N–H and O–H groups in total. The lowest BCUT2D eigenvalue weighted by atomic mass is 10.1. The van der Waals surface area contributed by atoms with Gasteiger partial charge in [-0.1, -0.05) is 12.2 Å². The molecule has 0 aliphatic carbocycles. The number of benzene rings is 2. The van der Waals surface area contributed by atoms with Gasteiger partial charge in [0.25, 0.3) is 0 Å². The third kappa shape index (κ3) is 12.3. The lowest BCUT2D eigenvalue weighted by Crippen LogP contribution is -2.31. The van der Waals surface area contributed by atoms with Crippen LogP contribution in [0.25, 0.3) is 24.3 Å². The predicted octanol–water partition coefficient (Wildman–Crippen LogP) is 4.75. The van der Waals surface area contributed by atoms with Gasteiger partial charge in [-0.25, -0.2) is 4.79 Å². The van der Waals surface area contributed by atoms with E-state index in [2.05, 4.69) is 15.3 Å². The number of aliphatic carboxylic acids is 1. The largest absolute Gasteiger partial charge is 0.493 e. The van der Waals surface area contributed by atoms with Crippen molar-refractivity contribution >= 4 is 36.2 Å². The summed E-state index contributed by atoms with van der Waals surface area (Å²) in [4.78, 5) is 18.0. The molecular formula is C32H38F3N5O9. The Morgan fingerprint density at radius 1 is 0.776 bits per heavy atom. The first-order valence-corrected chi connectivity index (χ1v) is 14.2. The van der Waals surface area contributed by atoms with Crippen LogP contribution in [0, 0.1) is 5.41 Å². The highest BCUT2D eigenvalue weighted by Gasteiger charge is 2.38. The molecule has 0 atom stereocenters. The first-order valence-electron chi connectivity index (χ1n) is 14.2. The summed E-state index contributed by atoms with van der Waals surface area (Å²) in [5, 5.41) is 17.1. The summed E-state index contributed by atoms with van der Waals surface area (Å²) >= 11 is 0. The van der Waals surface area contributed by atoms with Crippen LogP contribution in [-0.4, -0.2) is 89.0 Å². The molecular weight excluding hydrogens is 655 g/mol. The van der Waals surface area contributed by atoms with Crippen LogP contribution in [0.2, 0.25) is 0 Å². The quantitative estimate of drug-likeness (QED) is 0.0970.